The zero-order valence-corrected chi connectivity index (χ0v) is 14.0. The van der Waals surface area contributed by atoms with E-state index in [-0.39, 0.29) is 17.8 Å². The van der Waals surface area contributed by atoms with Gasteiger partial charge >= 0.3 is 0 Å². The number of nitrogens with zero attached hydrogens (tertiary/aromatic N) is 1. The van der Waals surface area contributed by atoms with Crippen molar-refractivity contribution in [1.82, 2.24) is 4.90 Å². The molecule has 1 fully saturated rings. The normalized spacial score (nSPS) is 17.5. The van der Waals surface area contributed by atoms with Gasteiger partial charge in [-0.2, -0.15) is 0 Å². The number of benzene rings is 2. The summed E-state index contributed by atoms with van der Waals surface area (Å²) in [6, 6.07) is 14.6. The smallest absolute Gasteiger partial charge is 0.254 e. The molecule has 2 nitrogen and oxygen atoms in total. The van der Waals surface area contributed by atoms with E-state index in [0.717, 1.165) is 35.4 Å². The third-order valence-electron chi connectivity index (χ3n) is 4.34. The number of carbonyl (C=O) groups excluding carboxylic acids is 1. The Kier molecular flexibility index (Phi) is 5.01. The van der Waals surface area contributed by atoms with Gasteiger partial charge in [-0.3, -0.25) is 4.79 Å². The molecular formula is C19H20FNOS. The van der Waals surface area contributed by atoms with Gasteiger partial charge in [0.2, 0.25) is 0 Å². The lowest BCUT2D eigenvalue weighted by molar-refractivity contribution is 0.0736. The first-order chi connectivity index (χ1) is 11.2. The maximum absolute atomic E-state index is 13.4. The minimum Gasteiger partial charge on any atom is -0.335 e. The molecule has 1 saturated heterocycles. The van der Waals surface area contributed by atoms with Crippen LogP contribution >= 0.6 is 11.8 Å². The van der Waals surface area contributed by atoms with Gasteiger partial charge in [-0.15, -0.1) is 11.8 Å². The maximum atomic E-state index is 13.4. The molecule has 0 saturated carbocycles. The molecule has 0 spiro atoms. The molecule has 1 aliphatic heterocycles. The molecule has 23 heavy (non-hydrogen) atoms. The van der Waals surface area contributed by atoms with Gasteiger partial charge in [0.25, 0.3) is 5.91 Å². The first-order valence-corrected chi connectivity index (χ1v) is 9.09. The van der Waals surface area contributed by atoms with Crippen molar-refractivity contribution in [1.29, 1.82) is 0 Å². The van der Waals surface area contributed by atoms with E-state index in [1.165, 1.54) is 6.07 Å². The largest absolute Gasteiger partial charge is 0.335 e. The van der Waals surface area contributed by atoms with Crippen LogP contribution < -0.4 is 0 Å². The Hall–Kier alpha value is -1.81. The molecule has 1 atom stereocenters. The standard InChI is InChI=1S/C19H20FNOS/c1-23-18-9-7-15(8-10-18)19(22)21-11-3-6-17(21)13-14-4-2-5-16(20)12-14/h2,4-5,7-10,12,17H,3,6,11,13H2,1H3. The van der Waals surface area contributed by atoms with E-state index >= 15 is 0 Å². The highest BCUT2D eigenvalue weighted by Crippen LogP contribution is 2.24. The predicted octanol–water partition coefficient (Wildman–Crippen LogP) is 4.39. The highest BCUT2D eigenvalue weighted by molar-refractivity contribution is 7.98. The lowest BCUT2D eigenvalue weighted by Gasteiger charge is -2.25. The van der Waals surface area contributed by atoms with Crippen LogP contribution in [0.25, 0.3) is 0 Å². The van der Waals surface area contributed by atoms with Crippen LogP contribution in [0.15, 0.2) is 53.4 Å². The van der Waals surface area contributed by atoms with E-state index in [2.05, 4.69) is 0 Å². The Labute approximate surface area is 140 Å². The van der Waals surface area contributed by atoms with Gasteiger partial charge in [0, 0.05) is 23.0 Å². The highest BCUT2D eigenvalue weighted by atomic mass is 32.2. The zero-order chi connectivity index (χ0) is 16.2. The fraction of sp³-hybridized carbons (Fsp3) is 0.316. The first kappa shape index (κ1) is 16.1. The van der Waals surface area contributed by atoms with Gasteiger partial charge < -0.3 is 4.90 Å². The molecule has 0 aliphatic carbocycles. The summed E-state index contributed by atoms with van der Waals surface area (Å²) in [6.45, 7) is 0.781. The third-order valence-corrected chi connectivity index (χ3v) is 5.08. The second-order valence-electron chi connectivity index (χ2n) is 5.86. The Bertz CT molecular complexity index is 686. The van der Waals surface area contributed by atoms with Crippen LogP contribution in [0.2, 0.25) is 0 Å². The summed E-state index contributed by atoms with van der Waals surface area (Å²) in [4.78, 5) is 15.9. The highest BCUT2D eigenvalue weighted by Gasteiger charge is 2.29. The predicted molar refractivity (Wildman–Crippen MR) is 92.4 cm³/mol. The fourth-order valence-corrected chi connectivity index (χ4v) is 3.56. The summed E-state index contributed by atoms with van der Waals surface area (Å²) in [5.41, 5.74) is 1.68. The van der Waals surface area contributed by atoms with Gasteiger partial charge in [0.05, 0.1) is 0 Å². The molecule has 0 bridgehead atoms. The summed E-state index contributed by atoms with van der Waals surface area (Å²) in [5.74, 6) is -0.136. The van der Waals surface area contributed by atoms with Crippen molar-refractivity contribution < 1.29 is 9.18 Å². The minimum absolute atomic E-state index is 0.0801. The summed E-state index contributed by atoms with van der Waals surface area (Å²) < 4.78 is 13.4. The third kappa shape index (κ3) is 3.75. The van der Waals surface area contributed by atoms with Gasteiger partial charge in [-0.05, 0) is 67.5 Å². The number of amides is 1. The van der Waals surface area contributed by atoms with E-state index < -0.39 is 0 Å². The number of carbonyl (C=O) groups is 1. The molecule has 120 valence electrons. The molecule has 4 heteroatoms. The van der Waals surface area contributed by atoms with Crippen LogP contribution in [-0.2, 0) is 6.42 Å². The van der Waals surface area contributed by atoms with Crippen molar-refractivity contribution >= 4 is 17.7 Å². The van der Waals surface area contributed by atoms with Crippen molar-refractivity contribution in [3.05, 3.63) is 65.5 Å². The van der Waals surface area contributed by atoms with E-state index in [1.807, 2.05) is 41.5 Å². The van der Waals surface area contributed by atoms with Crippen LogP contribution in [0.5, 0.6) is 0 Å². The second-order valence-corrected chi connectivity index (χ2v) is 6.74. The molecule has 2 aromatic rings. The van der Waals surface area contributed by atoms with E-state index in [1.54, 1.807) is 23.9 Å². The zero-order valence-electron chi connectivity index (χ0n) is 13.2. The molecule has 2 aromatic carbocycles. The number of thioether (sulfide) groups is 1. The summed E-state index contributed by atoms with van der Waals surface area (Å²) in [7, 11) is 0. The quantitative estimate of drug-likeness (QED) is 0.775. The van der Waals surface area contributed by atoms with Gasteiger partial charge in [-0.1, -0.05) is 12.1 Å². The van der Waals surface area contributed by atoms with Crippen LogP contribution in [0.3, 0.4) is 0 Å². The molecule has 1 aliphatic rings. The fourth-order valence-electron chi connectivity index (χ4n) is 3.15. The van der Waals surface area contributed by atoms with Gasteiger partial charge in [-0.25, -0.2) is 4.39 Å². The Morgan fingerprint density at radius 2 is 2.04 bits per heavy atom. The van der Waals surface area contributed by atoms with Crippen molar-refractivity contribution in [2.24, 2.45) is 0 Å². The molecule has 0 aromatic heterocycles. The second kappa shape index (κ2) is 7.18. The Morgan fingerprint density at radius 1 is 1.26 bits per heavy atom. The summed E-state index contributed by atoms with van der Waals surface area (Å²) in [5, 5.41) is 0. The number of halogens is 1. The molecule has 0 radical (unpaired) electrons. The van der Waals surface area contributed by atoms with Crippen LogP contribution in [-0.4, -0.2) is 29.6 Å². The molecule has 1 unspecified atom stereocenters. The topological polar surface area (TPSA) is 20.3 Å². The lowest BCUT2D eigenvalue weighted by atomic mass is 10.0. The van der Waals surface area contributed by atoms with E-state index in [9.17, 15) is 9.18 Å². The van der Waals surface area contributed by atoms with Crippen molar-refractivity contribution in [3.63, 3.8) is 0 Å². The molecular weight excluding hydrogens is 309 g/mol. The van der Waals surface area contributed by atoms with Crippen molar-refractivity contribution in [2.45, 2.75) is 30.2 Å². The van der Waals surface area contributed by atoms with Crippen LogP contribution in [0.4, 0.5) is 4.39 Å². The maximum Gasteiger partial charge on any atom is 0.254 e. The van der Waals surface area contributed by atoms with Crippen molar-refractivity contribution in [2.75, 3.05) is 12.8 Å². The molecule has 1 amide bonds. The number of likely N-dealkylation sites (tertiary alicyclic amines) is 1. The summed E-state index contributed by atoms with van der Waals surface area (Å²) in [6.07, 6.45) is 4.72. The SMILES string of the molecule is CSc1ccc(C(=O)N2CCCC2Cc2cccc(F)c2)cc1. The average Bonchev–Trinajstić information content (AvgIpc) is 3.02. The molecule has 3 rings (SSSR count). The van der Waals surface area contributed by atoms with E-state index in [0.29, 0.717) is 6.42 Å². The number of hydrogen-bond acceptors (Lipinski definition) is 2. The Morgan fingerprint density at radius 3 is 2.74 bits per heavy atom. The van der Waals surface area contributed by atoms with Gasteiger partial charge in [0.15, 0.2) is 0 Å². The van der Waals surface area contributed by atoms with Crippen molar-refractivity contribution in [3.8, 4) is 0 Å². The molecule has 1 heterocycles. The van der Waals surface area contributed by atoms with E-state index in [4.69, 9.17) is 0 Å². The first-order valence-electron chi connectivity index (χ1n) is 7.87. The monoisotopic (exact) mass is 329 g/mol. The lowest BCUT2D eigenvalue weighted by Crippen LogP contribution is -2.36. The average molecular weight is 329 g/mol. The van der Waals surface area contributed by atoms with Gasteiger partial charge in [0.1, 0.15) is 5.82 Å². The Balaban J connectivity index is 1.73. The molecule has 0 N–H and O–H groups in total. The summed E-state index contributed by atoms with van der Waals surface area (Å²) >= 11 is 1.66. The minimum atomic E-state index is -0.217. The van der Waals surface area contributed by atoms with Crippen LogP contribution in [0, 0.1) is 5.82 Å². The number of rotatable bonds is 4. The number of hydrogen-bond donors (Lipinski definition) is 0. The van der Waals surface area contributed by atoms with Crippen LogP contribution in [0.1, 0.15) is 28.8 Å².